The van der Waals surface area contributed by atoms with Crippen LogP contribution in [0, 0.1) is 23.7 Å². The van der Waals surface area contributed by atoms with Crippen LogP contribution in [0.4, 0.5) is 0 Å². The van der Waals surface area contributed by atoms with E-state index < -0.39 is 0 Å². The van der Waals surface area contributed by atoms with Gasteiger partial charge in [-0.25, -0.2) is 0 Å². The quantitative estimate of drug-likeness (QED) is 0.163. The van der Waals surface area contributed by atoms with Crippen LogP contribution in [0.3, 0.4) is 0 Å². The van der Waals surface area contributed by atoms with Crippen LogP contribution < -0.4 is 10.6 Å². The first-order valence-electron chi connectivity index (χ1n) is 10.4. The van der Waals surface area contributed by atoms with Crippen molar-refractivity contribution in [1.29, 1.82) is 0 Å². The van der Waals surface area contributed by atoms with Gasteiger partial charge in [0.1, 0.15) is 0 Å². The third-order valence-electron chi connectivity index (χ3n) is 6.11. The molecule has 0 aromatic heterocycles. The molecule has 3 aliphatic rings. The molecule has 158 valence electrons. The standard InChI is InChI=1S/C20H33N5O2.HI/c1-4-21-20(22-9-11-24(5-2)6-3)23-10-12-25-18(26)16-14-7-8-15(13-14)17(16)19(25)27;/h7-8,14-17H,4-6,9-13H2,1-3H3,(H2,21,22,23);1H. The lowest BCUT2D eigenvalue weighted by molar-refractivity contribution is -0.140. The van der Waals surface area contributed by atoms with Gasteiger partial charge < -0.3 is 15.5 Å². The van der Waals surface area contributed by atoms with Gasteiger partial charge in [-0.3, -0.25) is 19.5 Å². The van der Waals surface area contributed by atoms with Crippen molar-refractivity contribution in [3.63, 3.8) is 0 Å². The van der Waals surface area contributed by atoms with Gasteiger partial charge in [-0.1, -0.05) is 26.0 Å². The molecule has 0 aromatic rings. The van der Waals surface area contributed by atoms with Gasteiger partial charge in [-0.05, 0) is 38.3 Å². The summed E-state index contributed by atoms with van der Waals surface area (Å²) in [4.78, 5) is 33.8. The molecule has 1 aliphatic heterocycles. The molecule has 3 rings (SSSR count). The normalized spacial score (nSPS) is 28.1. The van der Waals surface area contributed by atoms with E-state index in [1.165, 1.54) is 4.90 Å². The Morgan fingerprint density at radius 3 is 2.25 bits per heavy atom. The number of nitrogens with one attached hydrogen (secondary N) is 2. The van der Waals surface area contributed by atoms with Crippen LogP contribution in [0.1, 0.15) is 27.2 Å². The molecule has 1 saturated heterocycles. The van der Waals surface area contributed by atoms with E-state index in [1.54, 1.807) is 0 Å². The Labute approximate surface area is 185 Å². The number of guanidine groups is 1. The summed E-state index contributed by atoms with van der Waals surface area (Å²) in [5, 5.41) is 6.49. The number of aliphatic imine (C=N–C) groups is 1. The number of hydrogen-bond donors (Lipinski definition) is 2. The minimum absolute atomic E-state index is 0. The van der Waals surface area contributed by atoms with Crippen LogP contribution in [0.15, 0.2) is 17.1 Å². The Hall–Kier alpha value is -1.16. The fourth-order valence-electron chi connectivity index (χ4n) is 4.66. The summed E-state index contributed by atoms with van der Waals surface area (Å²) in [5.41, 5.74) is 0. The molecule has 0 radical (unpaired) electrons. The lowest BCUT2D eigenvalue weighted by Gasteiger charge is -2.19. The monoisotopic (exact) mass is 503 g/mol. The van der Waals surface area contributed by atoms with Crippen molar-refractivity contribution in [1.82, 2.24) is 20.4 Å². The number of allylic oxidation sites excluding steroid dienone is 2. The van der Waals surface area contributed by atoms with Crippen LogP contribution in [0.2, 0.25) is 0 Å². The van der Waals surface area contributed by atoms with Crippen LogP contribution >= 0.6 is 24.0 Å². The number of amides is 2. The Morgan fingerprint density at radius 2 is 1.71 bits per heavy atom. The molecule has 4 unspecified atom stereocenters. The third kappa shape index (κ3) is 4.69. The number of imide groups is 1. The Bertz CT molecular complexity index is 590. The van der Waals surface area contributed by atoms with E-state index in [0.717, 1.165) is 45.1 Å². The molecule has 2 N–H and O–H groups in total. The number of hydrogen-bond acceptors (Lipinski definition) is 4. The summed E-state index contributed by atoms with van der Waals surface area (Å²) in [7, 11) is 0. The highest BCUT2D eigenvalue weighted by atomic mass is 127. The molecule has 2 amide bonds. The number of likely N-dealkylation sites (N-methyl/N-ethyl adjacent to an activating group) is 1. The average Bonchev–Trinajstić information content (AvgIpc) is 3.34. The van der Waals surface area contributed by atoms with Gasteiger partial charge in [0, 0.05) is 26.2 Å². The number of halogens is 1. The van der Waals surface area contributed by atoms with Gasteiger partial charge in [0.05, 0.1) is 18.4 Å². The fraction of sp³-hybridized carbons (Fsp3) is 0.750. The minimum atomic E-state index is -0.108. The maximum absolute atomic E-state index is 12.7. The zero-order valence-electron chi connectivity index (χ0n) is 17.2. The van der Waals surface area contributed by atoms with Gasteiger partial charge in [0.2, 0.25) is 11.8 Å². The largest absolute Gasteiger partial charge is 0.357 e. The van der Waals surface area contributed by atoms with Crippen LogP contribution in [0.25, 0.3) is 0 Å². The summed E-state index contributed by atoms with van der Waals surface area (Å²) in [6.45, 7) is 11.7. The Balaban J connectivity index is 0.00000280. The summed E-state index contributed by atoms with van der Waals surface area (Å²) in [6, 6.07) is 0. The summed E-state index contributed by atoms with van der Waals surface area (Å²) in [6.07, 6.45) is 5.23. The Kier molecular flexibility index (Phi) is 8.73. The van der Waals surface area contributed by atoms with Crippen molar-refractivity contribution in [2.24, 2.45) is 28.7 Å². The SMILES string of the molecule is CCNC(=NCCN(CC)CC)NCCN1C(=O)C2C3C=CC(C3)C2C1=O.I. The van der Waals surface area contributed by atoms with Crippen molar-refractivity contribution >= 4 is 41.8 Å². The number of carbonyl (C=O) groups excluding carboxylic acids is 2. The first-order valence-corrected chi connectivity index (χ1v) is 10.4. The Morgan fingerprint density at radius 1 is 1.11 bits per heavy atom. The summed E-state index contributed by atoms with van der Waals surface area (Å²) < 4.78 is 0. The molecule has 2 fully saturated rings. The first kappa shape index (κ1) is 23.1. The third-order valence-corrected chi connectivity index (χ3v) is 6.11. The summed E-state index contributed by atoms with van der Waals surface area (Å²) >= 11 is 0. The molecule has 2 aliphatic carbocycles. The predicted molar refractivity (Wildman–Crippen MR) is 122 cm³/mol. The molecule has 1 heterocycles. The smallest absolute Gasteiger partial charge is 0.233 e. The lowest BCUT2D eigenvalue weighted by Crippen LogP contribution is -2.44. The summed E-state index contributed by atoms with van der Waals surface area (Å²) in [5.74, 6) is 1.11. The highest BCUT2D eigenvalue weighted by Gasteiger charge is 2.58. The van der Waals surface area contributed by atoms with Crippen molar-refractivity contribution in [3.8, 4) is 0 Å². The molecule has 28 heavy (non-hydrogen) atoms. The van der Waals surface area contributed by atoms with Crippen molar-refractivity contribution < 1.29 is 9.59 Å². The van der Waals surface area contributed by atoms with E-state index in [2.05, 4.69) is 46.5 Å². The van der Waals surface area contributed by atoms with Gasteiger partial charge >= 0.3 is 0 Å². The highest BCUT2D eigenvalue weighted by molar-refractivity contribution is 14.0. The highest BCUT2D eigenvalue weighted by Crippen LogP contribution is 2.52. The van der Waals surface area contributed by atoms with E-state index in [4.69, 9.17) is 0 Å². The predicted octanol–water partition coefficient (Wildman–Crippen LogP) is 1.31. The number of fused-ring (bicyclic) bond motifs is 5. The zero-order valence-corrected chi connectivity index (χ0v) is 19.5. The van der Waals surface area contributed by atoms with E-state index >= 15 is 0 Å². The molecule has 0 spiro atoms. The van der Waals surface area contributed by atoms with Gasteiger partial charge in [-0.2, -0.15) is 0 Å². The minimum Gasteiger partial charge on any atom is -0.357 e. The average molecular weight is 503 g/mol. The molecule has 1 saturated carbocycles. The topological polar surface area (TPSA) is 77.0 Å². The molecular weight excluding hydrogens is 469 g/mol. The number of likely N-dealkylation sites (tertiary alicyclic amines) is 1. The van der Waals surface area contributed by atoms with E-state index in [9.17, 15) is 9.59 Å². The molecular formula is C20H34IN5O2. The van der Waals surface area contributed by atoms with E-state index in [-0.39, 0.29) is 59.5 Å². The molecule has 2 bridgehead atoms. The van der Waals surface area contributed by atoms with Gasteiger partial charge in [0.15, 0.2) is 5.96 Å². The first-order chi connectivity index (χ1) is 13.1. The van der Waals surface area contributed by atoms with Crippen LogP contribution in [-0.4, -0.2) is 73.4 Å². The number of rotatable bonds is 9. The fourth-order valence-corrected chi connectivity index (χ4v) is 4.66. The van der Waals surface area contributed by atoms with Gasteiger partial charge in [0.25, 0.3) is 0 Å². The second kappa shape index (κ2) is 10.6. The van der Waals surface area contributed by atoms with Crippen LogP contribution in [0.5, 0.6) is 0 Å². The second-order valence-electron chi connectivity index (χ2n) is 7.54. The molecule has 8 heteroatoms. The zero-order chi connectivity index (χ0) is 19.4. The van der Waals surface area contributed by atoms with Crippen LogP contribution in [-0.2, 0) is 9.59 Å². The molecule has 0 aromatic carbocycles. The molecule has 4 atom stereocenters. The maximum Gasteiger partial charge on any atom is 0.233 e. The number of carbonyl (C=O) groups is 2. The van der Waals surface area contributed by atoms with Crippen molar-refractivity contribution in [3.05, 3.63) is 12.2 Å². The second-order valence-corrected chi connectivity index (χ2v) is 7.54. The van der Waals surface area contributed by atoms with E-state index in [0.29, 0.717) is 13.1 Å². The lowest BCUT2D eigenvalue weighted by atomic mass is 9.85. The van der Waals surface area contributed by atoms with Gasteiger partial charge in [-0.15, -0.1) is 24.0 Å². The van der Waals surface area contributed by atoms with Crippen molar-refractivity contribution in [2.45, 2.75) is 27.2 Å². The van der Waals surface area contributed by atoms with Crippen molar-refractivity contribution in [2.75, 3.05) is 45.8 Å². The maximum atomic E-state index is 12.7. The number of nitrogens with zero attached hydrogens (tertiary/aromatic N) is 3. The molecule has 7 nitrogen and oxygen atoms in total. The van der Waals surface area contributed by atoms with E-state index in [1.807, 2.05) is 6.92 Å².